The number of hydrogen-bond donors (Lipinski definition) is 2. The van der Waals surface area contributed by atoms with Crippen LogP contribution < -0.4 is 5.32 Å². The molecule has 0 aromatic carbocycles. The molecule has 0 amide bonds. The molecule has 5 nitrogen and oxygen atoms in total. The number of aliphatic carboxylic acids is 1. The van der Waals surface area contributed by atoms with E-state index in [-0.39, 0.29) is 6.54 Å². The lowest BCUT2D eigenvalue weighted by atomic mass is 9.74. The van der Waals surface area contributed by atoms with Crippen molar-refractivity contribution in [3.8, 4) is 0 Å². The van der Waals surface area contributed by atoms with Crippen LogP contribution in [0.5, 0.6) is 0 Å². The minimum absolute atomic E-state index is 0.208. The van der Waals surface area contributed by atoms with Gasteiger partial charge in [0.25, 0.3) is 0 Å². The van der Waals surface area contributed by atoms with Crippen LogP contribution in [0.3, 0.4) is 0 Å². The summed E-state index contributed by atoms with van der Waals surface area (Å²) >= 11 is 0. The normalized spacial score (nSPS) is 32.4. The van der Waals surface area contributed by atoms with Crippen LogP contribution in [0, 0.1) is 17.8 Å². The standard InChI is InChI=1S/C19H34N2O3/c22-19(23)14-21-10-7-16-12-18(4-3-17(16)13-21)24-11-1-2-15-5-8-20-9-6-15/h15-18,20H,1-14H2,(H,22,23). The molecule has 2 aliphatic heterocycles. The number of nitrogens with zero attached hydrogens (tertiary/aromatic N) is 1. The van der Waals surface area contributed by atoms with E-state index in [2.05, 4.69) is 10.2 Å². The number of fused-ring (bicyclic) bond motifs is 1. The lowest BCUT2D eigenvalue weighted by Crippen LogP contribution is -2.45. The van der Waals surface area contributed by atoms with Gasteiger partial charge in [-0.05, 0) is 88.8 Å². The monoisotopic (exact) mass is 338 g/mol. The van der Waals surface area contributed by atoms with Gasteiger partial charge in [0.15, 0.2) is 0 Å². The largest absolute Gasteiger partial charge is 0.480 e. The van der Waals surface area contributed by atoms with Crippen LogP contribution in [0.25, 0.3) is 0 Å². The predicted octanol–water partition coefficient (Wildman–Crippen LogP) is 2.36. The summed E-state index contributed by atoms with van der Waals surface area (Å²) in [4.78, 5) is 13.0. The Morgan fingerprint density at radius 2 is 1.96 bits per heavy atom. The van der Waals surface area contributed by atoms with E-state index in [1.54, 1.807) is 0 Å². The van der Waals surface area contributed by atoms with Crippen molar-refractivity contribution in [1.29, 1.82) is 0 Å². The van der Waals surface area contributed by atoms with Gasteiger partial charge in [0.1, 0.15) is 0 Å². The van der Waals surface area contributed by atoms with Gasteiger partial charge in [-0.3, -0.25) is 9.69 Å². The summed E-state index contributed by atoms with van der Waals surface area (Å²) in [5, 5.41) is 12.4. The van der Waals surface area contributed by atoms with Crippen molar-refractivity contribution in [3.05, 3.63) is 0 Å². The van der Waals surface area contributed by atoms with Crippen LogP contribution in [0.4, 0.5) is 0 Å². The molecule has 0 bridgehead atoms. The van der Waals surface area contributed by atoms with E-state index in [0.717, 1.165) is 44.4 Å². The molecule has 0 spiro atoms. The minimum atomic E-state index is -0.695. The Hall–Kier alpha value is -0.650. The number of nitrogens with one attached hydrogen (secondary N) is 1. The van der Waals surface area contributed by atoms with Crippen molar-refractivity contribution < 1.29 is 14.6 Å². The molecule has 0 radical (unpaired) electrons. The molecule has 3 unspecified atom stereocenters. The summed E-state index contributed by atoms with van der Waals surface area (Å²) < 4.78 is 6.19. The van der Waals surface area contributed by atoms with Crippen LogP contribution in [-0.4, -0.2) is 61.4 Å². The zero-order valence-electron chi connectivity index (χ0n) is 14.9. The van der Waals surface area contributed by atoms with Crippen LogP contribution in [0.2, 0.25) is 0 Å². The second-order valence-electron chi connectivity index (χ2n) is 8.08. The Labute approximate surface area is 146 Å². The fraction of sp³-hybridized carbons (Fsp3) is 0.947. The van der Waals surface area contributed by atoms with Crippen LogP contribution >= 0.6 is 0 Å². The fourth-order valence-electron chi connectivity index (χ4n) is 4.93. The number of ether oxygens (including phenoxy) is 1. The lowest BCUT2D eigenvalue weighted by Gasteiger charge is -2.43. The first-order chi connectivity index (χ1) is 11.7. The Balaban J connectivity index is 1.30. The number of piperidine rings is 2. The maximum atomic E-state index is 10.9. The van der Waals surface area contributed by atoms with Gasteiger partial charge in [0.05, 0.1) is 12.6 Å². The first-order valence-electron chi connectivity index (χ1n) is 9.97. The highest BCUT2D eigenvalue weighted by Gasteiger charge is 2.35. The zero-order valence-corrected chi connectivity index (χ0v) is 14.9. The van der Waals surface area contributed by atoms with E-state index in [9.17, 15) is 4.79 Å². The number of likely N-dealkylation sites (tertiary alicyclic amines) is 1. The van der Waals surface area contributed by atoms with Crippen molar-refractivity contribution >= 4 is 5.97 Å². The summed E-state index contributed by atoms with van der Waals surface area (Å²) in [6.07, 6.45) is 10.4. The third-order valence-electron chi connectivity index (χ3n) is 6.33. The highest BCUT2D eigenvalue weighted by atomic mass is 16.5. The second kappa shape index (κ2) is 9.16. The van der Waals surface area contributed by atoms with Crippen molar-refractivity contribution in [1.82, 2.24) is 10.2 Å². The van der Waals surface area contributed by atoms with E-state index in [4.69, 9.17) is 9.84 Å². The van der Waals surface area contributed by atoms with Crippen LogP contribution in [-0.2, 0) is 9.53 Å². The van der Waals surface area contributed by atoms with Gasteiger partial charge in [0, 0.05) is 13.2 Å². The van der Waals surface area contributed by atoms with E-state index < -0.39 is 5.97 Å². The van der Waals surface area contributed by atoms with Gasteiger partial charge in [-0.1, -0.05) is 0 Å². The SMILES string of the molecule is O=C(O)CN1CCC2CC(OCCCC3CCNCC3)CCC2C1. The Morgan fingerprint density at radius 1 is 1.12 bits per heavy atom. The highest BCUT2D eigenvalue weighted by Crippen LogP contribution is 2.37. The molecule has 3 aliphatic rings. The highest BCUT2D eigenvalue weighted by molar-refractivity contribution is 5.69. The van der Waals surface area contributed by atoms with Crippen LogP contribution in [0.15, 0.2) is 0 Å². The fourth-order valence-corrected chi connectivity index (χ4v) is 4.93. The van der Waals surface area contributed by atoms with Gasteiger partial charge in [0.2, 0.25) is 0 Å². The van der Waals surface area contributed by atoms with Gasteiger partial charge in [-0.15, -0.1) is 0 Å². The molecule has 5 heteroatoms. The summed E-state index contributed by atoms with van der Waals surface area (Å²) in [5.41, 5.74) is 0. The molecular weight excluding hydrogens is 304 g/mol. The average molecular weight is 338 g/mol. The lowest BCUT2D eigenvalue weighted by molar-refractivity contribution is -0.139. The summed E-state index contributed by atoms with van der Waals surface area (Å²) in [6, 6.07) is 0. The summed E-state index contributed by atoms with van der Waals surface area (Å²) in [7, 11) is 0. The molecule has 138 valence electrons. The van der Waals surface area contributed by atoms with E-state index in [0.29, 0.717) is 12.0 Å². The summed E-state index contributed by atoms with van der Waals surface area (Å²) in [5.74, 6) is 1.65. The van der Waals surface area contributed by atoms with Crippen LogP contribution in [0.1, 0.15) is 51.4 Å². The molecule has 3 atom stereocenters. The molecule has 3 fully saturated rings. The maximum absolute atomic E-state index is 10.9. The molecule has 0 aromatic heterocycles. The predicted molar refractivity (Wildman–Crippen MR) is 94.1 cm³/mol. The van der Waals surface area contributed by atoms with Crippen molar-refractivity contribution in [2.75, 3.05) is 39.3 Å². The van der Waals surface area contributed by atoms with Gasteiger partial charge in [-0.2, -0.15) is 0 Å². The van der Waals surface area contributed by atoms with E-state index in [1.807, 2.05) is 0 Å². The van der Waals surface area contributed by atoms with Gasteiger partial charge < -0.3 is 15.2 Å². The minimum Gasteiger partial charge on any atom is -0.480 e. The number of carbonyl (C=O) groups is 1. The van der Waals surface area contributed by atoms with E-state index in [1.165, 1.54) is 51.6 Å². The number of carboxylic acids is 1. The van der Waals surface area contributed by atoms with E-state index >= 15 is 0 Å². The smallest absolute Gasteiger partial charge is 0.317 e. The van der Waals surface area contributed by atoms with Crippen molar-refractivity contribution in [2.24, 2.45) is 17.8 Å². The molecule has 24 heavy (non-hydrogen) atoms. The summed E-state index contributed by atoms with van der Waals surface area (Å²) in [6.45, 7) is 5.43. The van der Waals surface area contributed by atoms with Gasteiger partial charge in [-0.25, -0.2) is 0 Å². The number of rotatable bonds is 7. The molecule has 2 saturated heterocycles. The quantitative estimate of drug-likeness (QED) is 0.698. The topological polar surface area (TPSA) is 61.8 Å². The molecular formula is C19H34N2O3. The molecule has 2 N–H and O–H groups in total. The third-order valence-corrected chi connectivity index (χ3v) is 6.33. The molecule has 1 aliphatic carbocycles. The average Bonchev–Trinajstić information content (AvgIpc) is 2.59. The zero-order chi connectivity index (χ0) is 16.8. The molecule has 2 heterocycles. The number of carboxylic acid groups (broad SMARTS) is 1. The van der Waals surface area contributed by atoms with Crippen molar-refractivity contribution in [2.45, 2.75) is 57.5 Å². The second-order valence-corrected chi connectivity index (χ2v) is 8.08. The van der Waals surface area contributed by atoms with Gasteiger partial charge >= 0.3 is 5.97 Å². The Kier molecular flexibility index (Phi) is 6.93. The Morgan fingerprint density at radius 3 is 2.75 bits per heavy atom. The first-order valence-corrected chi connectivity index (χ1v) is 9.97. The first kappa shape index (κ1) is 18.2. The van der Waals surface area contributed by atoms with Crippen molar-refractivity contribution in [3.63, 3.8) is 0 Å². The molecule has 0 aromatic rings. The maximum Gasteiger partial charge on any atom is 0.317 e. The molecule has 1 saturated carbocycles. The Bertz CT molecular complexity index is 398. The third kappa shape index (κ3) is 5.43. The molecule has 3 rings (SSSR count). The number of hydrogen-bond acceptors (Lipinski definition) is 4.